The average Bonchev–Trinajstić information content (AvgIpc) is 2.52. The molecule has 0 saturated carbocycles. The first-order chi connectivity index (χ1) is 10.6. The summed E-state index contributed by atoms with van der Waals surface area (Å²) in [5, 5.41) is 6.77. The van der Waals surface area contributed by atoms with Gasteiger partial charge in [0.2, 0.25) is 5.91 Å². The molecular formula is C16H22N4O2. The van der Waals surface area contributed by atoms with Gasteiger partial charge in [-0.2, -0.15) is 0 Å². The molecule has 22 heavy (non-hydrogen) atoms. The van der Waals surface area contributed by atoms with E-state index in [4.69, 9.17) is 5.73 Å². The van der Waals surface area contributed by atoms with Crippen LogP contribution in [0.5, 0.6) is 0 Å². The third kappa shape index (κ3) is 2.66. The normalized spacial score (nSPS) is 19.6. The van der Waals surface area contributed by atoms with E-state index in [9.17, 15) is 9.59 Å². The van der Waals surface area contributed by atoms with Gasteiger partial charge in [-0.05, 0) is 44.5 Å². The van der Waals surface area contributed by atoms with Crippen molar-refractivity contribution < 1.29 is 9.59 Å². The molecule has 1 aromatic carbocycles. The molecule has 0 aliphatic carbocycles. The highest BCUT2D eigenvalue weighted by Crippen LogP contribution is 2.38. The lowest BCUT2D eigenvalue weighted by Gasteiger charge is -2.46. The van der Waals surface area contributed by atoms with Gasteiger partial charge in [-0.25, -0.2) is 0 Å². The molecule has 1 spiro atoms. The minimum Gasteiger partial charge on any atom is -0.370 e. The molecule has 118 valence electrons. The fraction of sp³-hybridized carbons (Fsp3) is 0.500. The predicted molar refractivity (Wildman–Crippen MR) is 85.7 cm³/mol. The van der Waals surface area contributed by atoms with Gasteiger partial charge < -0.3 is 21.3 Å². The van der Waals surface area contributed by atoms with Crippen molar-refractivity contribution in [2.24, 2.45) is 5.73 Å². The van der Waals surface area contributed by atoms with E-state index in [2.05, 4.69) is 10.6 Å². The van der Waals surface area contributed by atoms with Crippen LogP contribution in [0.25, 0.3) is 0 Å². The van der Waals surface area contributed by atoms with Crippen LogP contribution in [0.3, 0.4) is 0 Å². The number of carbonyl (C=O) groups is 2. The molecule has 2 heterocycles. The summed E-state index contributed by atoms with van der Waals surface area (Å²) in [6.07, 6.45) is 2.43. The Morgan fingerprint density at radius 1 is 1.27 bits per heavy atom. The number of nitrogens with zero attached hydrogens (tertiary/aromatic N) is 1. The number of nitrogens with one attached hydrogen (secondary N) is 2. The Morgan fingerprint density at radius 3 is 2.73 bits per heavy atom. The Labute approximate surface area is 130 Å². The summed E-state index contributed by atoms with van der Waals surface area (Å²) < 4.78 is 0. The Morgan fingerprint density at radius 2 is 2.00 bits per heavy atom. The first-order valence-electron chi connectivity index (χ1n) is 7.81. The van der Waals surface area contributed by atoms with Crippen LogP contribution >= 0.6 is 0 Å². The van der Waals surface area contributed by atoms with Crippen molar-refractivity contribution in [3.8, 4) is 0 Å². The number of hydrogen-bond donors (Lipinski definition) is 3. The summed E-state index contributed by atoms with van der Waals surface area (Å²) in [5.74, 6) is -0.218. The van der Waals surface area contributed by atoms with Crippen LogP contribution in [-0.4, -0.2) is 37.0 Å². The molecule has 6 heteroatoms. The minimum absolute atomic E-state index is 0.108. The van der Waals surface area contributed by atoms with Crippen LogP contribution < -0.4 is 21.3 Å². The number of primary amides is 1. The van der Waals surface area contributed by atoms with Crippen LogP contribution in [0, 0.1) is 0 Å². The summed E-state index contributed by atoms with van der Waals surface area (Å²) in [5.41, 5.74) is 6.57. The van der Waals surface area contributed by atoms with Crippen molar-refractivity contribution in [1.82, 2.24) is 5.32 Å². The summed E-state index contributed by atoms with van der Waals surface area (Å²) in [6, 6.07) is 7.85. The number of nitrogens with two attached hydrogens (primary N) is 1. The Kier molecular flexibility index (Phi) is 4.02. The molecule has 2 amide bonds. The largest absolute Gasteiger partial charge is 0.370 e. The number of amides is 2. The van der Waals surface area contributed by atoms with Crippen LogP contribution in [0.2, 0.25) is 0 Å². The maximum atomic E-state index is 13.1. The first kappa shape index (κ1) is 14.8. The number of para-hydroxylation sites is 2. The highest BCUT2D eigenvalue weighted by atomic mass is 16.2. The second-order valence-corrected chi connectivity index (χ2v) is 6.00. The van der Waals surface area contributed by atoms with Gasteiger partial charge >= 0.3 is 0 Å². The fourth-order valence-electron chi connectivity index (χ4n) is 3.32. The van der Waals surface area contributed by atoms with Crippen LogP contribution in [0.15, 0.2) is 24.3 Å². The number of hydrogen-bond acceptors (Lipinski definition) is 4. The van der Waals surface area contributed by atoms with Crippen LogP contribution in [0.4, 0.5) is 11.4 Å². The lowest BCUT2D eigenvalue weighted by molar-refractivity contribution is -0.124. The molecule has 0 atom stereocenters. The van der Waals surface area contributed by atoms with E-state index in [0.717, 1.165) is 37.3 Å². The molecule has 0 radical (unpaired) electrons. The molecular weight excluding hydrogens is 280 g/mol. The van der Waals surface area contributed by atoms with Gasteiger partial charge in [0, 0.05) is 13.0 Å². The number of carbonyl (C=O) groups excluding carboxylic acids is 2. The van der Waals surface area contributed by atoms with E-state index in [1.807, 2.05) is 29.2 Å². The number of rotatable bonds is 4. The zero-order chi connectivity index (χ0) is 15.6. The second kappa shape index (κ2) is 5.96. The Balaban J connectivity index is 1.88. The molecule has 0 unspecified atom stereocenters. The molecule has 0 aromatic heterocycles. The zero-order valence-electron chi connectivity index (χ0n) is 12.6. The molecule has 1 aromatic rings. The van der Waals surface area contributed by atoms with E-state index in [1.165, 1.54) is 0 Å². The van der Waals surface area contributed by atoms with E-state index in [1.54, 1.807) is 0 Å². The fourth-order valence-corrected chi connectivity index (χ4v) is 3.32. The molecule has 0 bridgehead atoms. The maximum absolute atomic E-state index is 13.1. The minimum atomic E-state index is -0.522. The Hall–Kier alpha value is -2.08. The molecule has 3 rings (SSSR count). The summed E-state index contributed by atoms with van der Waals surface area (Å²) >= 11 is 0. The van der Waals surface area contributed by atoms with Crippen LogP contribution in [0.1, 0.15) is 25.7 Å². The van der Waals surface area contributed by atoms with Crippen molar-refractivity contribution in [2.45, 2.75) is 31.2 Å². The van der Waals surface area contributed by atoms with Crippen molar-refractivity contribution in [2.75, 3.05) is 29.9 Å². The van der Waals surface area contributed by atoms with Gasteiger partial charge in [0.05, 0.1) is 11.4 Å². The van der Waals surface area contributed by atoms with Crippen molar-refractivity contribution in [1.29, 1.82) is 0 Å². The maximum Gasteiger partial charge on any atom is 0.252 e. The Bertz CT molecular complexity index is 581. The molecule has 6 nitrogen and oxygen atoms in total. The van der Waals surface area contributed by atoms with E-state index in [-0.39, 0.29) is 11.8 Å². The van der Waals surface area contributed by atoms with Crippen LogP contribution in [-0.2, 0) is 9.59 Å². The molecule has 1 saturated heterocycles. The standard InChI is InChI=1S/C16H22N4O2/c17-14(21)6-3-11-20-13-5-2-1-4-12(13)19-16(15(20)22)7-9-18-10-8-16/h1-2,4-5,18-19H,3,6-11H2,(H2,17,21). The lowest BCUT2D eigenvalue weighted by atomic mass is 9.84. The van der Waals surface area contributed by atoms with Gasteiger partial charge in [0.15, 0.2) is 0 Å². The van der Waals surface area contributed by atoms with Gasteiger partial charge in [0.1, 0.15) is 5.54 Å². The van der Waals surface area contributed by atoms with E-state index < -0.39 is 5.54 Å². The van der Waals surface area contributed by atoms with Gasteiger partial charge in [-0.15, -0.1) is 0 Å². The topological polar surface area (TPSA) is 87.5 Å². The summed E-state index contributed by atoms with van der Waals surface area (Å²) in [4.78, 5) is 25.8. The van der Waals surface area contributed by atoms with Gasteiger partial charge in [-0.1, -0.05) is 12.1 Å². The third-order valence-electron chi connectivity index (χ3n) is 4.49. The van der Waals surface area contributed by atoms with E-state index in [0.29, 0.717) is 19.4 Å². The number of benzene rings is 1. The molecule has 2 aliphatic heterocycles. The molecule has 1 fully saturated rings. The first-order valence-corrected chi connectivity index (χ1v) is 7.81. The highest BCUT2D eigenvalue weighted by molar-refractivity contribution is 6.08. The van der Waals surface area contributed by atoms with Crippen molar-refractivity contribution >= 4 is 23.2 Å². The smallest absolute Gasteiger partial charge is 0.252 e. The van der Waals surface area contributed by atoms with Gasteiger partial charge in [0.25, 0.3) is 5.91 Å². The third-order valence-corrected chi connectivity index (χ3v) is 4.49. The van der Waals surface area contributed by atoms with E-state index >= 15 is 0 Å². The summed E-state index contributed by atoms with van der Waals surface area (Å²) in [7, 11) is 0. The lowest BCUT2D eigenvalue weighted by Crippen LogP contribution is -2.61. The van der Waals surface area contributed by atoms with Crippen molar-refractivity contribution in [3.63, 3.8) is 0 Å². The highest BCUT2D eigenvalue weighted by Gasteiger charge is 2.46. The van der Waals surface area contributed by atoms with Crippen molar-refractivity contribution in [3.05, 3.63) is 24.3 Å². The predicted octanol–water partition coefficient (Wildman–Crippen LogP) is 0.833. The number of piperidine rings is 1. The zero-order valence-corrected chi connectivity index (χ0v) is 12.6. The quantitative estimate of drug-likeness (QED) is 0.769. The van der Waals surface area contributed by atoms with Gasteiger partial charge in [-0.3, -0.25) is 9.59 Å². The number of fused-ring (bicyclic) bond motifs is 1. The summed E-state index contributed by atoms with van der Waals surface area (Å²) in [6.45, 7) is 2.18. The second-order valence-electron chi connectivity index (χ2n) is 6.00. The molecule has 4 N–H and O–H groups in total. The monoisotopic (exact) mass is 302 g/mol. The molecule has 2 aliphatic rings. The number of anilines is 2. The average molecular weight is 302 g/mol. The SMILES string of the molecule is NC(=O)CCCN1C(=O)C2(CCNCC2)Nc2ccccc21.